The van der Waals surface area contributed by atoms with Gasteiger partial charge in [0.2, 0.25) is 0 Å². The van der Waals surface area contributed by atoms with Crippen molar-refractivity contribution >= 4 is 17.7 Å². The third-order valence-corrected chi connectivity index (χ3v) is 5.58. The number of carbonyl (C=O) groups excluding carboxylic acids is 1. The van der Waals surface area contributed by atoms with E-state index in [4.69, 9.17) is 5.73 Å². The monoisotopic (exact) mass is 342 g/mol. The standard InChI is InChI=1S/C17H18N4O2S/c1-17(23)9-24-16-13(15(22)20-2)12(10-6-4-3-5-7-10)11(8-18)14(19)21(16)17/h3-7,12,23H,9,19H2,1-2H3,(H,20,22)/t12-,17+/m0/s1. The molecule has 6 nitrogen and oxygen atoms in total. The van der Waals surface area contributed by atoms with Crippen molar-refractivity contribution in [2.45, 2.75) is 18.6 Å². The second-order valence-corrected chi connectivity index (χ2v) is 6.86. The maximum Gasteiger partial charge on any atom is 0.250 e. The molecule has 124 valence electrons. The molecule has 0 radical (unpaired) electrons. The topological polar surface area (TPSA) is 102 Å². The first-order valence-corrected chi connectivity index (χ1v) is 8.47. The third kappa shape index (κ3) is 2.35. The fraction of sp³-hybridized carbons (Fsp3) is 0.294. The second kappa shape index (κ2) is 5.89. The van der Waals surface area contributed by atoms with Gasteiger partial charge in [-0.1, -0.05) is 30.3 Å². The van der Waals surface area contributed by atoms with Crippen LogP contribution in [0.2, 0.25) is 0 Å². The van der Waals surface area contributed by atoms with Gasteiger partial charge in [-0.05, 0) is 12.5 Å². The van der Waals surface area contributed by atoms with Crippen molar-refractivity contribution < 1.29 is 9.90 Å². The number of hydrogen-bond acceptors (Lipinski definition) is 6. The predicted octanol–water partition coefficient (Wildman–Crippen LogP) is 1.19. The van der Waals surface area contributed by atoms with Gasteiger partial charge < -0.3 is 16.2 Å². The van der Waals surface area contributed by atoms with Crippen LogP contribution in [0.5, 0.6) is 0 Å². The number of aliphatic hydroxyl groups is 1. The summed E-state index contributed by atoms with van der Waals surface area (Å²) in [5.41, 5.74) is 6.51. The van der Waals surface area contributed by atoms with Crippen LogP contribution in [0.25, 0.3) is 0 Å². The molecule has 0 spiro atoms. The van der Waals surface area contributed by atoms with Crippen molar-refractivity contribution in [2.24, 2.45) is 5.73 Å². The maximum atomic E-state index is 12.6. The van der Waals surface area contributed by atoms with Gasteiger partial charge in [0, 0.05) is 12.8 Å². The fourth-order valence-electron chi connectivity index (χ4n) is 3.12. The van der Waals surface area contributed by atoms with Crippen LogP contribution in [0.1, 0.15) is 18.4 Å². The number of nitrogens with zero attached hydrogens (tertiary/aromatic N) is 2. The number of fused-ring (bicyclic) bond motifs is 1. The van der Waals surface area contributed by atoms with E-state index >= 15 is 0 Å². The van der Waals surface area contributed by atoms with Crippen LogP contribution in [0.4, 0.5) is 0 Å². The lowest BCUT2D eigenvalue weighted by Crippen LogP contribution is -2.47. The van der Waals surface area contributed by atoms with Crippen molar-refractivity contribution in [3.05, 3.63) is 57.9 Å². The molecule has 24 heavy (non-hydrogen) atoms. The molecule has 1 amide bonds. The van der Waals surface area contributed by atoms with Crippen LogP contribution in [-0.2, 0) is 4.79 Å². The van der Waals surface area contributed by atoms with Crippen molar-refractivity contribution in [2.75, 3.05) is 12.8 Å². The molecule has 2 atom stereocenters. The zero-order valence-corrected chi connectivity index (χ0v) is 14.2. The summed E-state index contributed by atoms with van der Waals surface area (Å²) in [6.07, 6.45) is 0. The summed E-state index contributed by atoms with van der Waals surface area (Å²) in [7, 11) is 1.55. The number of amides is 1. The Hall–Kier alpha value is -2.43. The lowest BCUT2D eigenvalue weighted by atomic mass is 9.82. The van der Waals surface area contributed by atoms with E-state index in [0.717, 1.165) is 5.56 Å². The smallest absolute Gasteiger partial charge is 0.250 e. The second-order valence-electron chi connectivity index (χ2n) is 5.89. The highest BCUT2D eigenvalue weighted by atomic mass is 32.2. The number of benzene rings is 1. The first-order valence-electron chi connectivity index (χ1n) is 7.48. The summed E-state index contributed by atoms with van der Waals surface area (Å²) in [5.74, 6) is -0.272. The predicted molar refractivity (Wildman–Crippen MR) is 92.0 cm³/mol. The molecule has 0 saturated carbocycles. The van der Waals surface area contributed by atoms with E-state index in [2.05, 4.69) is 11.4 Å². The van der Waals surface area contributed by atoms with E-state index < -0.39 is 11.6 Å². The largest absolute Gasteiger partial charge is 0.384 e. The number of nitriles is 1. The van der Waals surface area contributed by atoms with E-state index in [9.17, 15) is 15.2 Å². The highest BCUT2D eigenvalue weighted by Gasteiger charge is 2.48. The summed E-state index contributed by atoms with van der Waals surface area (Å²) in [6.45, 7) is 1.62. The van der Waals surface area contributed by atoms with Gasteiger partial charge in [0.15, 0.2) is 5.72 Å². The first kappa shape index (κ1) is 16.4. The maximum absolute atomic E-state index is 12.6. The van der Waals surface area contributed by atoms with E-state index in [-0.39, 0.29) is 17.3 Å². The van der Waals surface area contributed by atoms with E-state index in [1.165, 1.54) is 16.7 Å². The summed E-state index contributed by atoms with van der Waals surface area (Å²) in [4.78, 5) is 14.1. The molecule has 2 aliphatic heterocycles. The third-order valence-electron chi connectivity index (χ3n) is 4.22. The Labute approximate surface area is 144 Å². The zero-order chi connectivity index (χ0) is 17.5. The first-order chi connectivity index (χ1) is 11.4. The van der Waals surface area contributed by atoms with Crippen LogP contribution < -0.4 is 11.1 Å². The molecule has 2 aliphatic rings. The molecule has 1 fully saturated rings. The van der Waals surface area contributed by atoms with E-state index in [1.807, 2.05) is 30.3 Å². The molecule has 1 aromatic rings. The van der Waals surface area contributed by atoms with Crippen LogP contribution in [0, 0.1) is 11.3 Å². The minimum absolute atomic E-state index is 0.198. The number of nitrogens with two attached hydrogens (primary N) is 1. The molecule has 0 aliphatic carbocycles. The molecule has 0 bridgehead atoms. The molecular weight excluding hydrogens is 324 g/mol. The van der Waals surface area contributed by atoms with Crippen LogP contribution >= 0.6 is 11.8 Å². The Morgan fingerprint density at radius 1 is 1.50 bits per heavy atom. The number of rotatable bonds is 2. The van der Waals surface area contributed by atoms with Crippen LogP contribution in [0.3, 0.4) is 0 Å². The molecule has 1 saturated heterocycles. The molecule has 0 unspecified atom stereocenters. The summed E-state index contributed by atoms with van der Waals surface area (Å²) >= 11 is 1.37. The highest BCUT2D eigenvalue weighted by molar-refractivity contribution is 8.03. The number of thioether (sulfide) groups is 1. The summed E-state index contributed by atoms with van der Waals surface area (Å²) < 4.78 is 0. The van der Waals surface area contributed by atoms with E-state index in [0.29, 0.717) is 16.4 Å². The minimum Gasteiger partial charge on any atom is -0.384 e. The van der Waals surface area contributed by atoms with Gasteiger partial charge in [-0.2, -0.15) is 5.26 Å². The number of carbonyl (C=O) groups is 1. The molecular formula is C17H18N4O2S. The Bertz CT molecular complexity index is 793. The molecule has 2 heterocycles. The molecule has 3 rings (SSSR count). The van der Waals surface area contributed by atoms with Crippen molar-refractivity contribution in [3.63, 3.8) is 0 Å². The van der Waals surface area contributed by atoms with Crippen molar-refractivity contribution in [3.8, 4) is 6.07 Å². The van der Waals surface area contributed by atoms with Gasteiger partial charge in [0.1, 0.15) is 5.82 Å². The van der Waals surface area contributed by atoms with Gasteiger partial charge in [0.25, 0.3) is 5.91 Å². The Kier molecular flexibility index (Phi) is 4.03. The number of hydrogen-bond donors (Lipinski definition) is 3. The summed E-state index contributed by atoms with van der Waals surface area (Å²) in [6, 6.07) is 11.5. The van der Waals surface area contributed by atoms with Gasteiger partial charge >= 0.3 is 0 Å². The number of nitrogens with one attached hydrogen (secondary N) is 1. The molecule has 4 N–H and O–H groups in total. The Morgan fingerprint density at radius 3 is 2.75 bits per heavy atom. The normalized spacial score (nSPS) is 26.2. The van der Waals surface area contributed by atoms with Crippen molar-refractivity contribution in [1.82, 2.24) is 10.2 Å². The Balaban J connectivity index is 2.29. The van der Waals surface area contributed by atoms with E-state index in [1.54, 1.807) is 14.0 Å². The SMILES string of the molecule is CNC(=O)C1=C2SC[C@@](C)(O)N2C(N)=C(C#N)[C@@H]1c1ccccc1. The van der Waals surface area contributed by atoms with Gasteiger partial charge in [-0.3, -0.25) is 9.69 Å². The molecule has 7 heteroatoms. The molecule has 0 aromatic heterocycles. The lowest BCUT2D eigenvalue weighted by molar-refractivity contribution is -0.117. The minimum atomic E-state index is -1.24. The van der Waals surface area contributed by atoms with Gasteiger partial charge in [0.05, 0.1) is 28.2 Å². The van der Waals surface area contributed by atoms with Crippen LogP contribution in [-0.4, -0.2) is 34.4 Å². The van der Waals surface area contributed by atoms with Gasteiger partial charge in [-0.25, -0.2) is 0 Å². The number of likely N-dealkylation sites (N-methyl/N-ethyl adjacent to an activating group) is 1. The highest BCUT2D eigenvalue weighted by Crippen LogP contribution is 2.50. The Morgan fingerprint density at radius 2 is 2.17 bits per heavy atom. The lowest BCUT2D eigenvalue weighted by Gasteiger charge is -2.38. The fourth-order valence-corrected chi connectivity index (χ4v) is 4.45. The van der Waals surface area contributed by atoms with Crippen molar-refractivity contribution in [1.29, 1.82) is 5.26 Å². The quantitative estimate of drug-likeness (QED) is 0.746. The average molecular weight is 342 g/mol. The number of allylic oxidation sites excluding steroid dienone is 1. The zero-order valence-electron chi connectivity index (χ0n) is 13.4. The van der Waals surface area contributed by atoms with Crippen LogP contribution in [0.15, 0.2) is 52.3 Å². The van der Waals surface area contributed by atoms with Gasteiger partial charge in [-0.15, -0.1) is 11.8 Å². The average Bonchev–Trinajstić information content (AvgIpc) is 2.90. The molecule has 1 aromatic carbocycles. The summed E-state index contributed by atoms with van der Waals surface area (Å²) in [5, 5.41) is 23.6.